The van der Waals surface area contributed by atoms with E-state index in [1.165, 1.54) is 0 Å². The Morgan fingerprint density at radius 2 is 0.833 bits per heavy atom. The molecule has 0 unspecified atom stereocenters. The van der Waals surface area contributed by atoms with E-state index in [2.05, 4.69) is 115 Å². The highest BCUT2D eigenvalue weighted by atomic mass is 15.0. The summed E-state index contributed by atoms with van der Waals surface area (Å²) in [6.45, 7) is 0. The van der Waals surface area contributed by atoms with Gasteiger partial charge in [0, 0.05) is 44.0 Å². The Bertz CT molecular complexity index is 2910. The number of aromatic nitrogens is 5. The third kappa shape index (κ3) is 5.74. The Hall–Kier alpha value is -7.37. The van der Waals surface area contributed by atoms with Crippen LogP contribution in [0.4, 0.5) is 0 Å². The van der Waals surface area contributed by atoms with Crippen molar-refractivity contribution in [2.45, 2.75) is 0 Å². The first-order valence-corrected chi connectivity index (χ1v) is 18.0. The number of benzene rings is 7. The number of para-hydroxylation sites is 1. The summed E-state index contributed by atoms with van der Waals surface area (Å²) in [5.74, 6) is 1.91. The first kappa shape index (κ1) is 31.4. The second-order valence-corrected chi connectivity index (χ2v) is 13.3. The van der Waals surface area contributed by atoms with E-state index in [1.807, 2.05) is 72.8 Å². The highest BCUT2D eigenvalue weighted by Gasteiger charge is 2.17. The minimum absolute atomic E-state index is 0.627. The molecule has 5 nitrogen and oxygen atoms in total. The van der Waals surface area contributed by atoms with E-state index in [-0.39, 0.29) is 0 Å². The Balaban J connectivity index is 1.08. The molecule has 0 fully saturated rings. The molecule has 0 N–H and O–H groups in total. The number of pyridine rings is 2. The zero-order valence-electron chi connectivity index (χ0n) is 29.1. The third-order valence-electron chi connectivity index (χ3n) is 9.91. The molecule has 0 aliphatic rings. The number of rotatable bonds is 6. The van der Waals surface area contributed by atoms with Crippen LogP contribution in [0, 0.1) is 0 Å². The van der Waals surface area contributed by atoms with Crippen LogP contribution in [-0.2, 0) is 0 Å². The van der Waals surface area contributed by atoms with Crippen molar-refractivity contribution in [1.82, 2.24) is 24.9 Å². The fourth-order valence-corrected chi connectivity index (χ4v) is 7.20. The highest BCUT2D eigenvalue weighted by molar-refractivity contribution is 6.20. The van der Waals surface area contributed by atoms with Gasteiger partial charge >= 0.3 is 0 Å². The molecule has 0 saturated carbocycles. The lowest BCUT2D eigenvalue weighted by Crippen LogP contribution is -2.00. The van der Waals surface area contributed by atoms with Crippen molar-refractivity contribution in [3.05, 3.63) is 188 Å². The second kappa shape index (κ2) is 13.3. The first-order valence-electron chi connectivity index (χ1n) is 18.0. The van der Waals surface area contributed by atoms with Gasteiger partial charge in [0.1, 0.15) is 0 Å². The first-order chi connectivity index (χ1) is 26.7. The molecule has 3 aromatic heterocycles. The number of hydrogen-bond acceptors (Lipinski definition) is 5. The van der Waals surface area contributed by atoms with E-state index < -0.39 is 0 Å². The van der Waals surface area contributed by atoms with E-state index in [0.717, 1.165) is 82.9 Å². The summed E-state index contributed by atoms with van der Waals surface area (Å²) < 4.78 is 0. The zero-order chi connectivity index (χ0) is 35.8. The molecule has 0 spiro atoms. The number of nitrogens with zero attached hydrogens (tertiary/aromatic N) is 5. The van der Waals surface area contributed by atoms with Gasteiger partial charge in [-0.15, -0.1) is 0 Å². The van der Waals surface area contributed by atoms with Crippen LogP contribution >= 0.6 is 0 Å². The number of fused-ring (bicyclic) bond motifs is 5. The Kier molecular flexibility index (Phi) is 7.73. The van der Waals surface area contributed by atoms with Crippen molar-refractivity contribution in [3.63, 3.8) is 0 Å². The van der Waals surface area contributed by atoms with Crippen LogP contribution in [0.5, 0.6) is 0 Å². The molecule has 7 aromatic carbocycles. The summed E-state index contributed by atoms with van der Waals surface area (Å²) in [5, 5.41) is 4.39. The molecular formula is C49H31N5. The van der Waals surface area contributed by atoms with E-state index in [9.17, 15) is 0 Å². The zero-order valence-corrected chi connectivity index (χ0v) is 29.1. The Labute approximate surface area is 312 Å². The third-order valence-corrected chi connectivity index (χ3v) is 9.91. The van der Waals surface area contributed by atoms with Gasteiger partial charge in [-0.2, -0.15) is 0 Å². The van der Waals surface area contributed by atoms with Gasteiger partial charge in [-0.3, -0.25) is 0 Å². The SMILES string of the molecule is c1ccc(-c2ccc3ccc4c5ccccc5nc(-c5ccc(-c6cccc(-c7nc(-c8ccccc8)nc(-c8ccccc8)n7)c6)cc5)c4c3n2)cc1. The summed E-state index contributed by atoms with van der Waals surface area (Å²) in [6, 6.07) is 64.5. The molecule has 0 aliphatic carbocycles. The quantitative estimate of drug-likeness (QED) is 0.163. The standard InChI is InChI=1S/C49H31N5/c1-4-13-33(14-5-1)42-30-28-35-27-29-41-40-21-10-11-22-43(40)51-46(44(41)45(35)50-42)34-25-23-32(24-26-34)38-19-12-20-39(31-38)49-53-47(36-15-6-2-7-16-36)52-48(54-49)37-17-8-3-9-18-37/h1-31H. The topological polar surface area (TPSA) is 64.5 Å². The van der Waals surface area contributed by atoms with E-state index in [4.69, 9.17) is 24.9 Å². The summed E-state index contributed by atoms with van der Waals surface area (Å²) in [7, 11) is 0. The molecule has 0 saturated heterocycles. The molecule has 3 heterocycles. The molecule has 0 radical (unpaired) electrons. The van der Waals surface area contributed by atoms with Gasteiger partial charge in [0.2, 0.25) is 0 Å². The average molecular weight is 690 g/mol. The molecule has 10 rings (SSSR count). The molecule has 0 amide bonds. The van der Waals surface area contributed by atoms with E-state index in [0.29, 0.717) is 17.5 Å². The maximum Gasteiger partial charge on any atom is 0.164 e. The maximum atomic E-state index is 5.29. The Morgan fingerprint density at radius 3 is 1.52 bits per heavy atom. The van der Waals surface area contributed by atoms with Crippen molar-refractivity contribution in [3.8, 4) is 67.8 Å². The van der Waals surface area contributed by atoms with Crippen LogP contribution in [0.1, 0.15) is 0 Å². The molecule has 5 heteroatoms. The van der Waals surface area contributed by atoms with E-state index in [1.54, 1.807) is 0 Å². The van der Waals surface area contributed by atoms with Crippen molar-refractivity contribution in [2.75, 3.05) is 0 Å². The summed E-state index contributed by atoms with van der Waals surface area (Å²) in [4.78, 5) is 25.3. The molecule has 0 atom stereocenters. The molecule has 10 aromatic rings. The van der Waals surface area contributed by atoms with Crippen LogP contribution in [0.3, 0.4) is 0 Å². The van der Waals surface area contributed by atoms with Gasteiger partial charge < -0.3 is 0 Å². The van der Waals surface area contributed by atoms with Crippen molar-refractivity contribution >= 4 is 32.6 Å². The van der Waals surface area contributed by atoms with Crippen LogP contribution in [-0.4, -0.2) is 24.9 Å². The van der Waals surface area contributed by atoms with Gasteiger partial charge in [-0.05, 0) is 34.7 Å². The highest BCUT2D eigenvalue weighted by Crippen LogP contribution is 2.38. The minimum atomic E-state index is 0.627. The van der Waals surface area contributed by atoms with Crippen molar-refractivity contribution in [1.29, 1.82) is 0 Å². The van der Waals surface area contributed by atoms with Crippen LogP contribution in [0.2, 0.25) is 0 Å². The van der Waals surface area contributed by atoms with Crippen molar-refractivity contribution in [2.24, 2.45) is 0 Å². The van der Waals surface area contributed by atoms with Crippen LogP contribution in [0.15, 0.2) is 188 Å². The summed E-state index contributed by atoms with van der Waals surface area (Å²) in [6.07, 6.45) is 0. The summed E-state index contributed by atoms with van der Waals surface area (Å²) >= 11 is 0. The van der Waals surface area contributed by atoms with Crippen molar-refractivity contribution < 1.29 is 0 Å². The largest absolute Gasteiger partial charge is 0.247 e. The number of hydrogen-bond donors (Lipinski definition) is 0. The van der Waals surface area contributed by atoms with Crippen LogP contribution in [0.25, 0.3) is 100 Å². The normalized spacial score (nSPS) is 11.3. The minimum Gasteiger partial charge on any atom is -0.247 e. The summed E-state index contributed by atoms with van der Waals surface area (Å²) in [5.41, 5.74) is 10.8. The predicted octanol–water partition coefficient (Wildman–Crippen LogP) is 12.1. The second-order valence-electron chi connectivity index (χ2n) is 13.3. The van der Waals surface area contributed by atoms with Gasteiger partial charge in [0.15, 0.2) is 17.5 Å². The monoisotopic (exact) mass is 689 g/mol. The van der Waals surface area contributed by atoms with Gasteiger partial charge in [0.05, 0.1) is 22.4 Å². The predicted molar refractivity (Wildman–Crippen MR) is 221 cm³/mol. The molecular weight excluding hydrogens is 659 g/mol. The molecule has 252 valence electrons. The van der Waals surface area contributed by atoms with Gasteiger partial charge in [0.25, 0.3) is 0 Å². The van der Waals surface area contributed by atoms with Gasteiger partial charge in [-0.25, -0.2) is 24.9 Å². The molecule has 54 heavy (non-hydrogen) atoms. The van der Waals surface area contributed by atoms with Crippen LogP contribution < -0.4 is 0 Å². The lowest BCUT2D eigenvalue weighted by molar-refractivity contribution is 1.07. The fraction of sp³-hybridized carbons (Fsp3) is 0. The molecule has 0 bridgehead atoms. The average Bonchev–Trinajstić information content (AvgIpc) is 3.26. The fourth-order valence-electron chi connectivity index (χ4n) is 7.20. The lowest BCUT2D eigenvalue weighted by atomic mass is 9.95. The maximum absolute atomic E-state index is 5.29. The smallest absolute Gasteiger partial charge is 0.164 e. The molecule has 0 aliphatic heterocycles. The lowest BCUT2D eigenvalue weighted by Gasteiger charge is -2.14. The van der Waals surface area contributed by atoms with E-state index >= 15 is 0 Å². The Morgan fingerprint density at radius 1 is 0.296 bits per heavy atom. The van der Waals surface area contributed by atoms with Gasteiger partial charge in [-0.1, -0.05) is 170 Å².